The molecule has 0 saturated heterocycles. The first kappa shape index (κ1) is 18.9. The third-order valence-electron chi connectivity index (χ3n) is 2.94. The van der Waals surface area contributed by atoms with Gasteiger partial charge in [-0.3, -0.25) is 0 Å². The molecule has 0 amide bonds. The molecule has 0 unspecified atom stereocenters. The largest absolute Gasteiger partial charge is 0.478 e. The maximum atomic E-state index is 10.5. The van der Waals surface area contributed by atoms with Crippen LogP contribution in [0.15, 0.2) is 48.5 Å². The molecule has 0 radical (unpaired) electrons. The van der Waals surface area contributed by atoms with Crippen LogP contribution in [0.2, 0.25) is 0 Å². The maximum Gasteiger partial charge on any atom is 0.335 e. The van der Waals surface area contributed by atoms with E-state index in [0.717, 1.165) is 23.0 Å². The highest BCUT2D eigenvalue weighted by Gasteiger charge is 2.00. The minimum Gasteiger partial charge on any atom is -0.478 e. The molecule has 0 bridgehead atoms. The number of hydrogen-bond acceptors (Lipinski definition) is 3. The molecule has 3 N–H and O–H groups in total. The molecular weight excluding hydrogens is 362 g/mol. The Morgan fingerprint density at radius 3 is 1.57 bits per heavy atom. The molecule has 2 aromatic rings. The summed E-state index contributed by atoms with van der Waals surface area (Å²) in [4.78, 5) is 20.8. The van der Waals surface area contributed by atoms with E-state index in [4.69, 9.17) is 10.2 Å². The summed E-state index contributed by atoms with van der Waals surface area (Å²) in [5.41, 5.74) is 2.82. The second-order valence-corrected chi connectivity index (χ2v) is 5.23. The van der Waals surface area contributed by atoms with E-state index in [1.54, 1.807) is 48.5 Å². The lowest BCUT2D eigenvalue weighted by atomic mass is 10.1. The summed E-state index contributed by atoms with van der Waals surface area (Å²) < 4.78 is 0. The van der Waals surface area contributed by atoms with Crippen molar-refractivity contribution in [3.8, 4) is 0 Å². The second kappa shape index (κ2) is 9.76. The zero-order valence-electron chi connectivity index (χ0n) is 12.6. The molecule has 2 aromatic carbocycles. The van der Waals surface area contributed by atoms with Gasteiger partial charge in [-0.15, -0.1) is 0 Å². The molecule has 122 valence electrons. The Morgan fingerprint density at radius 1 is 0.870 bits per heavy atom. The summed E-state index contributed by atoms with van der Waals surface area (Å²) in [6.45, 7) is 0.764. The van der Waals surface area contributed by atoms with E-state index >= 15 is 0 Å². The van der Waals surface area contributed by atoms with Crippen molar-refractivity contribution in [2.45, 2.75) is 11.9 Å². The molecule has 0 spiro atoms. The Labute approximate surface area is 143 Å². The van der Waals surface area contributed by atoms with E-state index in [0.29, 0.717) is 11.1 Å². The number of rotatable bonds is 5. The Balaban J connectivity index is 0.000000231. The molecule has 0 fully saturated rings. The molecule has 0 saturated carbocycles. The smallest absolute Gasteiger partial charge is 0.335 e. The van der Waals surface area contributed by atoms with Gasteiger partial charge in [-0.2, -0.15) is 0 Å². The number of hydrogen-bond donors (Lipinski definition) is 3. The average Bonchev–Trinajstić information content (AvgIpc) is 2.56. The quantitative estimate of drug-likeness (QED) is 0.693. The fraction of sp³-hybridized carbons (Fsp3) is 0.176. The number of carboxylic acids is 2. The molecule has 5 nitrogen and oxygen atoms in total. The summed E-state index contributed by atoms with van der Waals surface area (Å²) in [5.74, 6) is -1.77. The van der Waals surface area contributed by atoms with Crippen molar-refractivity contribution < 1.29 is 19.8 Å². The highest BCUT2D eigenvalue weighted by Crippen LogP contribution is 2.07. The standard InChI is InChI=1S/C9H11NO2.C8H7BrO2/c1-10-6-7-2-4-8(5-3-7)9(11)12;9-5-6-1-3-7(4-2-6)8(10)11/h2-5,10H,6H2,1H3,(H,11,12);1-4H,5H2,(H,10,11). The third-order valence-corrected chi connectivity index (χ3v) is 3.58. The van der Waals surface area contributed by atoms with Crippen molar-refractivity contribution >= 4 is 27.9 Å². The second-order valence-electron chi connectivity index (χ2n) is 4.67. The van der Waals surface area contributed by atoms with Crippen LogP contribution in [0.4, 0.5) is 0 Å². The fourth-order valence-electron chi connectivity index (χ4n) is 1.71. The first-order chi connectivity index (χ1) is 11.0. The van der Waals surface area contributed by atoms with Crippen LogP contribution in [0.3, 0.4) is 0 Å². The fourth-order valence-corrected chi connectivity index (χ4v) is 2.08. The van der Waals surface area contributed by atoms with Gasteiger partial charge in [0.05, 0.1) is 11.1 Å². The van der Waals surface area contributed by atoms with Crippen molar-refractivity contribution in [3.63, 3.8) is 0 Å². The molecule has 6 heteroatoms. The maximum absolute atomic E-state index is 10.5. The van der Waals surface area contributed by atoms with Gasteiger partial charge in [0.2, 0.25) is 0 Å². The van der Waals surface area contributed by atoms with Crippen LogP contribution in [0.1, 0.15) is 31.8 Å². The minimum atomic E-state index is -0.883. The first-order valence-corrected chi connectivity index (χ1v) is 7.95. The van der Waals surface area contributed by atoms with E-state index in [2.05, 4.69) is 21.2 Å². The highest BCUT2D eigenvalue weighted by molar-refractivity contribution is 9.08. The average molecular weight is 380 g/mol. The summed E-state index contributed by atoms with van der Waals surface area (Å²) in [7, 11) is 1.85. The van der Waals surface area contributed by atoms with Gasteiger partial charge in [-0.05, 0) is 42.4 Å². The summed E-state index contributed by atoms with van der Waals surface area (Å²) in [5, 5.41) is 20.9. The first-order valence-electron chi connectivity index (χ1n) is 6.83. The predicted octanol–water partition coefficient (Wildman–Crippen LogP) is 3.38. The van der Waals surface area contributed by atoms with Crippen LogP contribution in [-0.4, -0.2) is 29.2 Å². The number of nitrogens with one attached hydrogen (secondary N) is 1. The molecular formula is C17H18BrNO4. The molecule has 0 atom stereocenters. The van der Waals surface area contributed by atoms with Gasteiger partial charge < -0.3 is 15.5 Å². The monoisotopic (exact) mass is 379 g/mol. The Hall–Kier alpha value is -2.18. The Bertz CT molecular complexity index is 639. The number of benzene rings is 2. The molecule has 0 aromatic heterocycles. The summed E-state index contributed by atoms with van der Waals surface area (Å²) in [6.07, 6.45) is 0. The van der Waals surface area contributed by atoms with Crippen LogP contribution >= 0.6 is 15.9 Å². The summed E-state index contributed by atoms with van der Waals surface area (Å²) >= 11 is 3.27. The van der Waals surface area contributed by atoms with Gasteiger partial charge in [0.15, 0.2) is 0 Å². The third kappa shape index (κ3) is 6.63. The molecule has 23 heavy (non-hydrogen) atoms. The number of carbonyl (C=O) groups is 2. The number of carboxylic acid groups (broad SMARTS) is 2. The Morgan fingerprint density at radius 2 is 1.26 bits per heavy atom. The van der Waals surface area contributed by atoms with Gasteiger partial charge >= 0.3 is 11.9 Å². The molecule has 2 rings (SSSR count). The van der Waals surface area contributed by atoms with Gasteiger partial charge in [-0.1, -0.05) is 40.2 Å². The zero-order chi connectivity index (χ0) is 17.2. The van der Waals surface area contributed by atoms with Crippen LogP contribution in [0.25, 0.3) is 0 Å². The van der Waals surface area contributed by atoms with E-state index < -0.39 is 11.9 Å². The number of alkyl halides is 1. The summed E-state index contributed by atoms with van der Waals surface area (Å²) in [6, 6.07) is 13.6. The lowest BCUT2D eigenvalue weighted by Crippen LogP contribution is -2.05. The number of aromatic carboxylic acids is 2. The van der Waals surface area contributed by atoms with Crippen LogP contribution in [0.5, 0.6) is 0 Å². The molecule has 0 aliphatic rings. The van der Waals surface area contributed by atoms with Crippen LogP contribution in [0, 0.1) is 0 Å². The molecule has 0 aliphatic carbocycles. The normalized spacial score (nSPS) is 9.65. The Kier molecular flexibility index (Phi) is 8.01. The van der Waals surface area contributed by atoms with Crippen LogP contribution < -0.4 is 5.32 Å². The van der Waals surface area contributed by atoms with Gasteiger partial charge in [0, 0.05) is 11.9 Å². The number of halogens is 1. The molecule has 0 aliphatic heterocycles. The van der Waals surface area contributed by atoms with E-state index in [9.17, 15) is 9.59 Å². The minimum absolute atomic E-state index is 0.328. The van der Waals surface area contributed by atoms with Crippen molar-refractivity contribution in [2.24, 2.45) is 0 Å². The van der Waals surface area contributed by atoms with Gasteiger partial charge in [0.25, 0.3) is 0 Å². The topological polar surface area (TPSA) is 86.6 Å². The van der Waals surface area contributed by atoms with Crippen molar-refractivity contribution in [3.05, 3.63) is 70.8 Å². The van der Waals surface area contributed by atoms with Crippen LogP contribution in [-0.2, 0) is 11.9 Å². The van der Waals surface area contributed by atoms with Crippen molar-refractivity contribution in [1.82, 2.24) is 5.32 Å². The van der Waals surface area contributed by atoms with Crippen molar-refractivity contribution in [2.75, 3.05) is 7.05 Å². The van der Waals surface area contributed by atoms with E-state index in [-0.39, 0.29) is 0 Å². The predicted molar refractivity (Wildman–Crippen MR) is 92.2 cm³/mol. The zero-order valence-corrected chi connectivity index (χ0v) is 14.2. The van der Waals surface area contributed by atoms with Gasteiger partial charge in [0.1, 0.15) is 0 Å². The lowest BCUT2D eigenvalue weighted by molar-refractivity contribution is 0.0686. The lowest BCUT2D eigenvalue weighted by Gasteiger charge is -1.99. The van der Waals surface area contributed by atoms with E-state index in [1.807, 2.05) is 7.05 Å². The van der Waals surface area contributed by atoms with Gasteiger partial charge in [-0.25, -0.2) is 9.59 Å². The highest BCUT2D eigenvalue weighted by atomic mass is 79.9. The van der Waals surface area contributed by atoms with Crippen molar-refractivity contribution in [1.29, 1.82) is 0 Å². The molecule has 0 heterocycles. The SMILES string of the molecule is CNCc1ccc(C(=O)O)cc1.O=C(O)c1ccc(CBr)cc1. The van der Waals surface area contributed by atoms with E-state index in [1.165, 1.54) is 0 Å².